The third-order valence-electron chi connectivity index (χ3n) is 2.39. The smallest absolute Gasteiger partial charge is 0.122 e. The summed E-state index contributed by atoms with van der Waals surface area (Å²) in [5, 5.41) is 3.32. The molecule has 0 heterocycles. The van der Waals surface area contributed by atoms with Crippen LogP contribution in [0.25, 0.3) is 0 Å². The monoisotopic (exact) mass is 221 g/mol. The van der Waals surface area contributed by atoms with Crippen LogP contribution in [0.4, 0.5) is 0 Å². The van der Waals surface area contributed by atoms with Gasteiger partial charge in [0.1, 0.15) is 11.5 Å². The maximum Gasteiger partial charge on any atom is 0.122 e. The number of hydrogen-bond donors (Lipinski definition) is 1. The maximum atomic E-state index is 5.23. The Morgan fingerprint density at radius 2 is 1.81 bits per heavy atom. The molecule has 0 amide bonds. The molecule has 0 saturated heterocycles. The number of ether oxygens (including phenoxy) is 2. The second-order valence-electron chi connectivity index (χ2n) is 3.42. The topological polar surface area (TPSA) is 30.5 Å². The fourth-order valence-electron chi connectivity index (χ4n) is 1.57. The molecule has 0 aliphatic carbocycles. The summed E-state index contributed by atoms with van der Waals surface area (Å²) in [6, 6.07) is 5.94. The minimum atomic E-state index is 0.119. The molecule has 0 spiro atoms. The van der Waals surface area contributed by atoms with Crippen molar-refractivity contribution in [1.82, 2.24) is 5.32 Å². The highest BCUT2D eigenvalue weighted by Crippen LogP contribution is 2.26. The van der Waals surface area contributed by atoms with Gasteiger partial charge in [-0.3, -0.25) is 0 Å². The summed E-state index contributed by atoms with van der Waals surface area (Å²) < 4.78 is 10.5. The van der Waals surface area contributed by atoms with Gasteiger partial charge in [-0.05, 0) is 24.2 Å². The van der Waals surface area contributed by atoms with Crippen LogP contribution in [-0.4, -0.2) is 20.8 Å². The van der Waals surface area contributed by atoms with Crippen LogP contribution in [0, 0.1) is 0 Å². The molecule has 0 radical (unpaired) electrons. The van der Waals surface area contributed by atoms with E-state index in [4.69, 9.17) is 9.47 Å². The molecule has 88 valence electrons. The molecule has 3 nitrogen and oxygen atoms in total. The summed E-state index contributed by atoms with van der Waals surface area (Å²) >= 11 is 0. The first-order valence-corrected chi connectivity index (χ1v) is 5.34. The van der Waals surface area contributed by atoms with E-state index in [0.717, 1.165) is 23.6 Å². The van der Waals surface area contributed by atoms with Crippen LogP contribution in [0.2, 0.25) is 0 Å². The molecule has 1 N–H and O–H groups in total. The summed E-state index contributed by atoms with van der Waals surface area (Å²) in [7, 11) is 3.30. The van der Waals surface area contributed by atoms with Gasteiger partial charge >= 0.3 is 0 Å². The Morgan fingerprint density at radius 1 is 1.25 bits per heavy atom. The molecule has 3 heteroatoms. The van der Waals surface area contributed by atoms with Gasteiger partial charge in [-0.2, -0.15) is 0 Å². The number of benzene rings is 1. The van der Waals surface area contributed by atoms with Crippen LogP contribution in [0.5, 0.6) is 11.5 Å². The molecule has 0 bridgehead atoms. The lowest BCUT2D eigenvalue weighted by Crippen LogP contribution is -2.18. The number of methoxy groups -OCH3 is 2. The predicted octanol–water partition coefficient (Wildman–Crippen LogP) is 2.54. The Kier molecular flexibility index (Phi) is 4.86. The highest BCUT2D eigenvalue weighted by molar-refractivity contribution is 5.40. The lowest BCUT2D eigenvalue weighted by molar-refractivity contribution is 0.392. The van der Waals surface area contributed by atoms with Crippen molar-refractivity contribution < 1.29 is 9.47 Å². The van der Waals surface area contributed by atoms with Gasteiger partial charge in [0.2, 0.25) is 0 Å². The highest BCUT2D eigenvalue weighted by Gasteiger charge is 2.09. The minimum absolute atomic E-state index is 0.119. The molecule has 0 saturated carbocycles. The van der Waals surface area contributed by atoms with Gasteiger partial charge in [-0.25, -0.2) is 0 Å². The van der Waals surface area contributed by atoms with E-state index in [2.05, 4.69) is 18.8 Å². The zero-order valence-electron chi connectivity index (χ0n) is 10.1. The predicted molar refractivity (Wildman–Crippen MR) is 66.2 cm³/mol. The molecule has 1 aromatic carbocycles. The van der Waals surface area contributed by atoms with Crippen molar-refractivity contribution >= 4 is 0 Å². The van der Waals surface area contributed by atoms with Gasteiger partial charge in [0, 0.05) is 6.07 Å². The molecule has 0 aliphatic rings. The number of rotatable bonds is 6. The van der Waals surface area contributed by atoms with Gasteiger partial charge in [-0.1, -0.05) is 13.0 Å². The van der Waals surface area contributed by atoms with E-state index in [9.17, 15) is 0 Å². The van der Waals surface area contributed by atoms with Gasteiger partial charge in [-0.15, -0.1) is 6.58 Å². The SMILES string of the molecule is C=CC(NCC)c1cc(OC)cc(OC)c1. The van der Waals surface area contributed by atoms with Crippen molar-refractivity contribution in [3.8, 4) is 11.5 Å². The standard InChI is InChI=1S/C13H19NO2/c1-5-13(14-6-2)10-7-11(15-3)9-12(8-10)16-4/h5,7-9,13-14H,1,6H2,2-4H3. The molecule has 0 fully saturated rings. The lowest BCUT2D eigenvalue weighted by atomic mass is 10.1. The summed E-state index contributed by atoms with van der Waals surface area (Å²) in [5.41, 5.74) is 1.09. The van der Waals surface area contributed by atoms with Gasteiger partial charge < -0.3 is 14.8 Å². The molecule has 0 aliphatic heterocycles. The Hall–Kier alpha value is -1.48. The van der Waals surface area contributed by atoms with Crippen molar-refractivity contribution in [2.45, 2.75) is 13.0 Å². The Balaban J connectivity index is 3.05. The molecule has 1 rings (SSSR count). The van der Waals surface area contributed by atoms with Crippen LogP contribution in [0.3, 0.4) is 0 Å². The van der Waals surface area contributed by atoms with Crippen molar-refractivity contribution in [2.75, 3.05) is 20.8 Å². The van der Waals surface area contributed by atoms with Crippen LogP contribution < -0.4 is 14.8 Å². The van der Waals surface area contributed by atoms with E-state index in [-0.39, 0.29) is 6.04 Å². The first-order valence-electron chi connectivity index (χ1n) is 5.34. The van der Waals surface area contributed by atoms with Crippen molar-refractivity contribution in [3.63, 3.8) is 0 Å². The van der Waals surface area contributed by atoms with E-state index in [1.807, 2.05) is 24.3 Å². The van der Waals surface area contributed by atoms with Gasteiger partial charge in [0.05, 0.1) is 20.3 Å². The summed E-state index contributed by atoms with van der Waals surface area (Å²) in [5.74, 6) is 1.58. The Bertz CT molecular complexity index is 328. The zero-order valence-corrected chi connectivity index (χ0v) is 10.1. The van der Waals surface area contributed by atoms with Crippen LogP contribution in [-0.2, 0) is 0 Å². The molecular weight excluding hydrogens is 202 g/mol. The second kappa shape index (κ2) is 6.18. The normalized spacial score (nSPS) is 11.9. The largest absolute Gasteiger partial charge is 0.497 e. The molecule has 1 atom stereocenters. The Morgan fingerprint density at radius 3 is 2.19 bits per heavy atom. The van der Waals surface area contributed by atoms with E-state index >= 15 is 0 Å². The molecule has 0 aromatic heterocycles. The maximum absolute atomic E-state index is 5.23. The van der Waals surface area contributed by atoms with Crippen LogP contribution >= 0.6 is 0 Å². The molecule has 16 heavy (non-hydrogen) atoms. The van der Waals surface area contributed by atoms with Crippen LogP contribution in [0.15, 0.2) is 30.9 Å². The number of nitrogens with one attached hydrogen (secondary N) is 1. The average Bonchev–Trinajstić information content (AvgIpc) is 2.35. The first-order chi connectivity index (χ1) is 7.74. The summed E-state index contributed by atoms with van der Waals surface area (Å²) in [4.78, 5) is 0. The lowest BCUT2D eigenvalue weighted by Gasteiger charge is -2.16. The Labute approximate surface area is 97.1 Å². The quantitative estimate of drug-likeness (QED) is 0.749. The van der Waals surface area contributed by atoms with E-state index in [1.165, 1.54) is 0 Å². The van der Waals surface area contributed by atoms with Crippen molar-refractivity contribution in [2.24, 2.45) is 0 Å². The third-order valence-corrected chi connectivity index (χ3v) is 2.39. The number of hydrogen-bond acceptors (Lipinski definition) is 3. The molecular formula is C13H19NO2. The summed E-state index contributed by atoms with van der Waals surface area (Å²) in [6.45, 7) is 6.77. The van der Waals surface area contributed by atoms with Crippen molar-refractivity contribution in [1.29, 1.82) is 0 Å². The van der Waals surface area contributed by atoms with Crippen LogP contribution in [0.1, 0.15) is 18.5 Å². The van der Waals surface area contributed by atoms with Gasteiger partial charge in [0.25, 0.3) is 0 Å². The van der Waals surface area contributed by atoms with E-state index in [1.54, 1.807) is 14.2 Å². The van der Waals surface area contributed by atoms with Crippen molar-refractivity contribution in [3.05, 3.63) is 36.4 Å². The number of likely N-dealkylation sites (N-methyl/N-ethyl adjacent to an activating group) is 1. The second-order valence-corrected chi connectivity index (χ2v) is 3.42. The first kappa shape index (κ1) is 12.6. The minimum Gasteiger partial charge on any atom is -0.497 e. The fourth-order valence-corrected chi connectivity index (χ4v) is 1.57. The van der Waals surface area contributed by atoms with Gasteiger partial charge in [0.15, 0.2) is 0 Å². The third kappa shape index (κ3) is 3.00. The van der Waals surface area contributed by atoms with E-state index in [0.29, 0.717) is 0 Å². The highest BCUT2D eigenvalue weighted by atomic mass is 16.5. The fraction of sp³-hybridized carbons (Fsp3) is 0.385. The molecule has 1 aromatic rings. The van der Waals surface area contributed by atoms with E-state index < -0.39 is 0 Å². The molecule has 1 unspecified atom stereocenters. The summed E-state index contributed by atoms with van der Waals surface area (Å²) in [6.07, 6.45) is 1.87. The average molecular weight is 221 g/mol. The zero-order chi connectivity index (χ0) is 12.0.